The highest BCUT2D eigenvalue weighted by Crippen LogP contribution is 2.23. The van der Waals surface area contributed by atoms with Gasteiger partial charge in [-0.15, -0.1) is 0 Å². The van der Waals surface area contributed by atoms with Gasteiger partial charge in [0, 0.05) is 25.2 Å². The Kier molecular flexibility index (Phi) is 14.8. The minimum absolute atomic E-state index is 0.0397. The largest absolute Gasteiger partial charge is 0.368 e. The van der Waals surface area contributed by atoms with Gasteiger partial charge in [0.25, 0.3) is 0 Å². The minimum Gasteiger partial charge on any atom is -0.368 e. The summed E-state index contributed by atoms with van der Waals surface area (Å²) in [6, 6.07) is -1.11. The molecule has 0 unspecified atom stereocenters. The Balaban J connectivity index is 3.15. The molecule has 0 fully saturated rings. The fourth-order valence-electron chi connectivity index (χ4n) is 4.82. The molecular formula is C36H62N10O8. The Morgan fingerprint density at radius 1 is 0.593 bits per heavy atom. The van der Waals surface area contributed by atoms with Gasteiger partial charge in [-0.1, -0.05) is 27.7 Å². The zero-order chi connectivity index (χ0) is 42.4. The van der Waals surface area contributed by atoms with E-state index in [1.807, 2.05) is 0 Å². The van der Waals surface area contributed by atoms with Gasteiger partial charge in [-0.3, -0.25) is 38.4 Å². The molecule has 1 heterocycles. The van der Waals surface area contributed by atoms with Gasteiger partial charge >= 0.3 is 0 Å². The lowest BCUT2D eigenvalue weighted by Crippen LogP contribution is -2.71. The summed E-state index contributed by atoms with van der Waals surface area (Å²) in [5.74, 6) is -6.46. The molecule has 18 heteroatoms. The van der Waals surface area contributed by atoms with Gasteiger partial charge in [0.15, 0.2) is 0 Å². The number of nitrogens with two attached hydrogens (primary N) is 1. The van der Waals surface area contributed by atoms with Gasteiger partial charge in [0.1, 0.15) is 39.3 Å². The number of hydrogen-bond acceptors (Lipinski definition) is 9. The predicted octanol–water partition coefficient (Wildman–Crippen LogP) is -0.417. The summed E-state index contributed by atoms with van der Waals surface area (Å²) in [6.45, 7) is 22.6. The molecule has 304 valence electrons. The van der Waals surface area contributed by atoms with Crippen LogP contribution in [-0.4, -0.2) is 96.5 Å². The molecular weight excluding hydrogens is 700 g/mol. The SMILES string of the molecule is CC(=O)NC(C)(C)C(=O)N[C@](C)(C(=O)NC(C)(C)C(=O)NC(C)(C)C(=O)N[C@](C)(C(=O)NC(C)(C)C(=O)N[C@@H](Cc1cnc[nH]1)C(N)=O)C(C)C)C(C)C. The normalized spacial score (nSPS) is 15.1. The van der Waals surface area contributed by atoms with E-state index in [0.717, 1.165) is 0 Å². The van der Waals surface area contributed by atoms with Crippen LogP contribution in [0.2, 0.25) is 0 Å². The first-order chi connectivity index (χ1) is 24.2. The monoisotopic (exact) mass is 762 g/mol. The van der Waals surface area contributed by atoms with Crippen LogP contribution in [0.15, 0.2) is 12.5 Å². The van der Waals surface area contributed by atoms with E-state index in [1.165, 1.54) is 88.7 Å². The number of aromatic nitrogens is 2. The molecule has 0 aliphatic heterocycles. The first kappa shape index (κ1) is 47.0. The van der Waals surface area contributed by atoms with E-state index in [0.29, 0.717) is 5.69 Å². The van der Waals surface area contributed by atoms with Gasteiger partial charge in [-0.25, -0.2) is 4.98 Å². The number of aromatic amines is 1. The van der Waals surface area contributed by atoms with Crippen LogP contribution in [0.5, 0.6) is 0 Å². The molecule has 0 saturated carbocycles. The second kappa shape index (κ2) is 17.0. The molecule has 0 aromatic carbocycles. The van der Waals surface area contributed by atoms with Crippen molar-refractivity contribution < 1.29 is 38.4 Å². The smallest absolute Gasteiger partial charge is 0.246 e. The molecule has 0 bridgehead atoms. The molecule has 8 amide bonds. The lowest BCUT2D eigenvalue weighted by molar-refractivity contribution is -0.143. The zero-order valence-corrected chi connectivity index (χ0v) is 34.4. The first-order valence-electron chi connectivity index (χ1n) is 17.7. The second-order valence-corrected chi connectivity index (χ2v) is 16.9. The van der Waals surface area contributed by atoms with Crippen molar-refractivity contribution in [2.24, 2.45) is 17.6 Å². The second-order valence-electron chi connectivity index (χ2n) is 16.9. The first-order valence-corrected chi connectivity index (χ1v) is 17.7. The van der Waals surface area contributed by atoms with E-state index >= 15 is 0 Å². The van der Waals surface area contributed by atoms with Crippen molar-refractivity contribution in [1.29, 1.82) is 0 Å². The van der Waals surface area contributed by atoms with E-state index in [1.54, 1.807) is 27.7 Å². The summed E-state index contributed by atoms with van der Waals surface area (Å²) in [7, 11) is 0. The van der Waals surface area contributed by atoms with Crippen molar-refractivity contribution in [2.45, 2.75) is 150 Å². The molecule has 10 N–H and O–H groups in total. The molecule has 1 aromatic rings. The third-order valence-corrected chi connectivity index (χ3v) is 9.66. The van der Waals surface area contributed by atoms with Crippen LogP contribution in [0.1, 0.15) is 110 Å². The average Bonchev–Trinajstić information content (AvgIpc) is 3.52. The summed E-state index contributed by atoms with van der Waals surface area (Å²) in [5.41, 5.74) is -3.23. The van der Waals surface area contributed by atoms with Gasteiger partial charge < -0.3 is 47.9 Å². The topological polar surface area (TPSA) is 275 Å². The molecule has 18 nitrogen and oxygen atoms in total. The van der Waals surface area contributed by atoms with Crippen LogP contribution in [0, 0.1) is 11.8 Å². The number of nitrogens with zero attached hydrogens (tertiary/aromatic N) is 1. The molecule has 3 atom stereocenters. The Morgan fingerprint density at radius 2 is 0.944 bits per heavy atom. The highest BCUT2D eigenvalue weighted by Gasteiger charge is 2.48. The number of carbonyl (C=O) groups excluding carboxylic acids is 8. The van der Waals surface area contributed by atoms with Crippen LogP contribution >= 0.6 is 0 Å². The van der Waals surface area contributed by atoms with E-state index in [4.69, 9.17) is 5.73 Å². The highest BCUT2D eigenvalue weighted by atomic mass is 16.2. The van der Waals surface area contributed by atoms with E-state index < -0.39 is 98.4 Å². The molecule has 54 heavy (non-hydrogen) atoms. The molecule has 0 aliphatic rings. The number of carbonyl (C=O) groups is 8. The molecule has 0 spiro atoms. The number of nitrogens with one attached hydrogen (secondary N) is 8. The summed E-state index contributed by atoms with van der Waals surface area (Å²) in [5, 5.41) is 18.5. The number of H-pyrrole nitrogens is 1. The summed E-state index contributed by atoms with van der Waals surface area (Å²) in [6.07, 6.45) is 2.94. The van der Waals surface area contributed by atoms with Gasteiger partial charge in [0.05, 0.1) is 6.33 Å². The van der Waals surface area contributed by atoms with Crippen LogP contribution in [0.4, 0.5) is 0 Å². The number of primary amides is 1. The maximum atomic E-state index is 13.8. The predicted molar refractivity (Wildman–Crippen MR) is 201 cm³/mol. The lowest BCUT2D eigenvalue weighted by atomic mass is 9.84. The molecule has 1 aromatic heterocycles. The van der Waals surface area contributed by atoms with Gasteiger partial charge in [-0.05, 0) is 81.1 Å². The van der Waals surface area contributed by atoms with Crippen molar-refractivity contribution in [2.75, 3.05) is 0 Å². The lowest BCUT2D eigenvalue weighted by Gasteiger charge is -2.40. The van der Waals surface area contributed by atoms with E-state index in [9.17, 15) is 38.4 Å². The van der Waals surface area contributed by atoms with Crippen molar-refractivity contribution in [1.82, 2.24) is 47.2 Å². The number of amides is 8. The maximum Gasteiger partial charge on any atom is 0.246 e. The fourth-order valence-corrected chi connectivity index (χ4v) is 4.82. The van der Waals surface area contributed by atoms with Crippen LogP contribution in [0.25, 0.3) is 0 Å². The van der Waals surface area contributed by atoms with Gasteiger partial charge in [0.2, 0.25) is 47.3 Å². The Bertz CT molecular complexity index is 1600. The van der Waals surface area contributed by atoms with Crippen molar-refractivity contribution in [3.8, 4) is 0 Å². The maximum absolute atomic E-state index is 13.8. The zero-order valence-electron chi connectivity index (χ0n) is 34.4. The summed E-state index contributed by atoms with van der Waals surface area (Å²) >= 11 is 0. The van der Waals surface area contributed by atoms with Crippen LogP contribution in [0.3, 0.4) is 0 Å². The Hall–Kier alpha value is -5.03. The van der Waals surface area contributed by atoms with Crippen molar-refractivity contribution in [3.05, 3.63) is 18.2 Å². The molecule has 0 saturated heterocycles. The third kappa shape index (κ3) is 11.7. The summed E-state index contributed by atoms with van der Waals surface area (Å²) < 4.78 is 0. The Morgan fingerprint density at radius 3 is 1.28 bits per heavy atom. The Labute approximate surface area is 317 Å². The number of imidazole rings is 1. The van der Waals surface area contributed by atoms with Crippen molar-refractivity contribution in [3.63, 3.8) is 0 Å². The van der Waals surface area contributed by atoms with E-state index in [-0.39, 0.29) is 6.42 Å². The average molecular weight is 763 g/mol. The highest BCUT2D eigenvalue weighted by molar-refractivity contribution is 6.02. The quantitative estimate of drug-likeness (QED) is 0.0939. The van der Waals surface area contributed by atoms with Crippen LogP contribution < -0.4 is 43.0 Å². The molecule has 0 aliphatic carbocycles. The standard InChI is InChI=1S/C36H62N10O8/c1-19(2)35(14,29(53)43-31(6,7)25(49)40-23(24(37)48)16-22-17-38-18-39-22)46-28(52)34(12,13)42-26(50)33(10,11)44-30(54)36(15,20(3)4)45-27(51)32(8,9)41-21(5)47/h17-20,23H,16H2,1-15H3,(H2,37,48)(H,38,39)(H,40,49)(H,41,47)(H,42,50)(H,43,53)(H,44,54)(H,45,51)(H,46,52)/t23-,35-,36-/m0/s1. The van der Waals surface area contributed by atoms with Crippen LogP contribution in [-0.2, 0) is 44.8 Å². The number of hydrogen-bond donors (Lipinski definition) is 9. The van der Waals surface area contributed by atoms with Crippen molar-refractivity contribution >= 4 is 47.3 Å². The summed E-state index contributed by atoms with van der Waals surface area (Å²) in [4.78, 5) is 112. The minimum atomic E-state index is -1.64. The molecule has 1 rings (SSSR count). The molecule has 0 radical (unpaired) electrons. The van der Waals surface area contributed by atoms with E-state index in [2.05, 4.69) is 47.2 Å². The number of rotatable bonds is 18. The fraction of sp³-hybridized carbons (Fsp3) is 0.694. The van der Waals surface area contributed by atoms with Gasteiger partial charge in [-0.2, -0.15) is 0 Å². The third-order valence-electron chi connectivity index (χ3n) is 9.66.